The van der Waals surface area contributed by atoms with Crippen molar-refractivity contribution in [1.29, 1.82) is 0 Å². The Labute approximate surface area is 141 Å². The molecule has 0 spiro atoms. The predicted molar refractivity (Wildman–Crippen MR) is 88.2 cm³/mol. The van der Waals surface area contributed by atoms with Gasteiger partial charge in [-0.15, -0.1) is 0 Å². The van der Waals surface area contributed by atoms with Gasteiger partial charge in [-0.05, 0) is 30.3 Å². The number of carbonyl (C=O) groups excluding carboxylic acids is 1. The summed E-state index contributed by atoms with van der Waals surface area (Å²) in [6.07, 6.45) is 0. The Morgan fingerprint density at radius 1 is 1.29 bits per heavy atom. The highest BCUT2D eigenvalue weighted by atomic mass is 35.5. The molecule has 1 amide bonds. The summed E-state index contributed by atoms with van der Waals surface area (Å²) in [6, 6.07) is 8.00. The van der Waals surface area contributed by atoms with E-state index in [1.165, 1.54) is 37.4 Å². The van der Waals surface area contributed by atoms with Crippen LogP contribution in [-0.2, 0) is 4.79 Å². The number of ether oxygens (including phenoxy) is 1. The maximum Gasteiger partial charge on any atom is 0.296 e. The van der Waals surface area contributed by atoms with Gasteiger partial charge < -0.3 is 15.4 Å². The molecular formula is C15H13ClFN3O4. The van der Waals surface area contributed by atoms with Gasteiger partial charge >= 0.3 is 0 Å². The van der Waals surface area contributed by atoms with E-state index >= 15 is 0 Å². The Morgan fingerprint density at radius 2 is 2.00 bits per heavy atom. The summed E-state index contributed by atoms with van der Waals surface area (Å²) < 4.78 is 18.5. The second-order valence-corrected chi connectivity index (χ2v) is 5.10. The molecule has 0 aliphatic heterocycles. The number of hydrogen-bond acceptors (Lipinski definition) is 5. The van der Waals surface area contributed by atoms with Crippen molar-refractivity contribution in [3.63, 3.8) is 0 Å². The highest BCUT2D eigenvalue weighted by molar-refractivity contribution is 6.30. The summed E-state index contributed by atoms with van der Waals surface area (Å²) in [7, 11) is 1.38. The SMILES string of the molecule is COc1ccc(NC(=O)CNc2ccc(Cl)cc2F)c([N+](=O)[O-])c1. The number of rotatable bonds is 6. The zero-order valence-corrected chi connectivity index (χ0v) is 13.3. The first-order valence-electron chi connectivity index (χ1n) is 6.72. The number of nitrogens with one attached hydrogen (secondary N) is 2. The predicted octanol–water partition coefficient (Wildman–Crippen LogP) is 3.45. The molecule has 0 fully saturated rings. The van der Waals surface area contributed by atoms with E-state index in [4.69, 9.17) is 16.3 Å². The zero-order chi connectivity index (χ0) is 17.7. The van der Waals surface area contributed by atoms with Crippen molar-refractivity contribution >= 4 is 34.6 Å². The van der Waals surface area contributed by atoms with Gasteiger partial charge in [-0.2, -0.15) is 0 Å². The molecule has 0 radical (unpaired) electrons. The van der Waals surface area contributed by atoms with Gasteiger partial charge in [-0.1, -0.05) is 11.6 Å². The average molecular weight is 354 g/mol. The van der Waals surface area contributed by atoms with Gasteiger partial charge in [0.25, 0.3) is 5.69 Å². The topological polar surface area (TPSA) is 93.5 Å². The largest absolute Gasteiger partial charge is 0.496 e. The Bertz CT molecular complexity index is 785. The smallest absolute Gasteiger partial charge is 0.296 e. The van der Waals surface area contributed by atoms with Crippen molar-refractivity contribution in [2.24, 2.45) is 0 Å². The molecule has 24 heavy (non-hydrogen) atoms. The molecule has 0 atom stereocenters. The summed E-state index contributed by atoms with van der Waals surface area (Å²) in [5.41, 5.74) is -0.191. The van der Waals surface area contributed by atoms with Gasteiger partial charge in [0.1, 0.15) is 17.3 Å². The molecule has 126 valence electrons. The van der Waals surface area contributed by atoms with Crippen molar-refractivity contribution in [2.75, 3.05) is 24.3 Å². The van der Waals surface area contributed by atoms with E-state index < -0.39 is 16.6 Å². The lowest BCUT2D eigenvalue weighted by Crippen LogP contribution is -2.22. The maximum absolute atomic E-state index is 13.6. The van der Waals surface area contributed by atoms with Crippen LogP contribution in [0.4, 0.5) is 21.5 Å². The third-order valence-corrected chi connectivity index (χ3v) is 3.28. The second-order valence-electron chi connectivity index (χ2n) is 4.67. The molecule has 0 aliphatic carbocycles. The number of nitro groups is 1. The van der Waals surface area contributed by atoms with Crippen molar-refractivity contribution < 1.29 is 18.8 Å². The number of methoxy groups -OCH3 is 1. The van der Waals surface area contributed by atoms with Crippen LogP contribution in [-0.4, -0.2) is 24.5 Å². The minimum Gasteiger partial charge on any atom is -0.496 e. The number of amides is 1. The number of anilines is 2. The van der Waals surface area contributed by atoms with E-state index in [1.54, 1.807) is 0 Å². The lowest BCUT2D eigenvalue weighted by molar-refractivity contribution is -0.384. The number of hydrogen-bond donors (Lipinski definition) is 2. The summed E-state index contributed by atoms with van der Waals surface area (Å²) in [5, 5.41) is 16.3. The van der Waals surface area contributed by atoms with Gasteiger partial charge in [0, 0.05) is 5.02 Å². The molecule has 2 aromatic rings. The fourth-order valence-corrected chi connectivity index (χ4v) is 2.06. The lowest BCUT2D eigenvalue weighted by Gasteiger charge is -2.10. The highest BCUT2D eigenvalue weighted by Gasteiger charge is 2.17. The Morgan fingerprint density at radius 3 is 2.62 bits per heavy atom. The quantitative estimate of drug-likeness (QED) is 0.613. The molecule has 9 heteroatoms. The first-order valence-corrected chi connectivity index (χ1v) is 7.09. The van der Waals surface area contributed by atoms with Crippen LogP contribution < -0.4 is 15.4 Å². The van der Waals surface area contributed by atoms with Crippen molar-refractivity contribution in [2.45, 2.75) is 0 Å². The van der Waals surface area contributed by atoms with E-state index in [0.717, 1.165) is 6.07 Å². The summed E-state index contributed by atoms with van der Waals surface area (Å²) in [4.78, 5) is 22.3. The molecule has 2 rings (SSSR count). The van der Waals surface area contributed by atoms with Crippen LogP contribution in [0.15, 0.2) is 36.4 Å². The Balaban J connectivity index is 2.05. The molecule has 0 aromatic heterocycles. The van der Waals surface area contributed by atoms with E-state index in [0.29, 0.717) is 5.75 Å². The van der Waals surface area contributed by atoms with E-state index in [2.05, 4.69) is 10.6 Å². The van der Waals surface area contributed by atoms with Gasteiger partial charge in [-0.3, -0.25) is 14.9 Å². The number of nitro benzene ring substituents is 1. The molecule has 0 unspecified atom stereocenters. The molecule has 0 bridgehead atoms. The van der Waals surface area contributed by atoms with Gasteiger partial charge in [0.2, 0.25) is 5.91 Å². The fourth-order valence-electron chi connectivity index (χ4n) is 1.90. The van der Waals surface area contributed by atoms with Crippen molar-refractivity contribution in [3.8, 4) is 5.75 Å². The number of carbonyl (C=O) groups is 1. The standard InChI is InChI=1S/C15H13ClFN3O4/c1-24-10-3-5-13(14(7-10)20(22)23)19-15(21)8-18-12-4-2-9(16)6-11(12)17/h2-7,18H,8H2,1H3,(H,19,21). The maximum atomic E-state index is 13.6. The molecule has 2 N–H and O–H groups in total. The molecule has 7 nitrogen and oxygen atoms in total. The van der Waals surface area contributed by atoms with Crippen molar-refractivity contribution in [1.82, 2.24) is 0 Å². The summed E-state index contributed by atoms with van der Waals surface area (Å²) in [5.74, 6) is -0.885. The second kappa shape index (κ2) is 7.60. The Hall–Kier alpha value is -2.87. The first-order chi connectivity index (χ1) is 11.4. The van der Waals surface area contributed by atoms with E-state index in [9.17, 15) is 19.3 Å². The summed E-state index contributed by atoms with van der Waals surface area (Å²) in [6.45, 7) is -0.276. The van der Waals surface area contributed by atoms with Crippen LogP contribution in [0.5, 0.6) is 5.75 Å². The van der Waals surface area contributed by atoms with E-state index in [-0.39, 0.29) is 28.6 Å². The van der Waals surface area contributed by atoms with Gasteiger partial charge in [0.05, 0.1) is 30.3 Å². The minimum absolute atomic E-state index is 0.0178. The minimum atomic E-state index is -0.634. The van der Waals surface area contributed by atoms with Crippen LogP contribution >= 0.6 is 11.6 Å². The molecule has 0 heterocycles. The van der Waals surface area contributed by atoms with Crippen LogP contribution in [0.3, 0.4) is 0 Å². The van der Waals surface area contributed by atoms with E-state index in [1.807, 2.05) is 0 Å². The van der Waals surface area contributed by atoms with Crippen molar-refractivity contribution in [3.05, 3.63) is 57.4 Å². The summed E-state index contributed by atoms with van der Waals surface area (Å²) >= 11 is 5.64. The Kier molecular flexibility index (Phi) is 5.54. The molecule has 0 saturated carbocycles. The van der Waals surface area contributed by atoms with Crippen LogP contribution in [0, 0.1) is 15.9 Å². The molecule has 2 aromatic carbocycles. The molecular weight excluding hydrogens is 341 g/mol. The third-order valence-electron chi connectivity index (χ3n) is 3.05. The normalized spacial score (nSPS) is 10.1. The zero-order valence-electron chi connectivity index (χ0n) is 12.5. The lowest BCUT2D eigenvalue weighted by atomic mass is 10.2. The number of nitrogens with zero attached hydrogens (tertiary/aromatic N) is 1. The molecule has 0 aliphatic rings. The first kappa shape index (κ1) is 17.5. The fraction of sp³-hybridized carbons (Fsp3) is 0.133. The highest BCUT2D eigenvalue weighted by Crippen LogP contribution is 2.28. The van der Waals surface area contributed by atoms with Gasteiger partial charge in [0.15, 0.2) is 0 Å². The van der Waals surface area contributed by atoms with Crippen LogP contribution in [0.2, 0.25) is 5.02 Å². The van der Waals surface area contributed by atoms with Crippen LogP contribution in [0.25, 0.3) is 0 Å². The average Bonchev–Trinajstić information content (AvgIpc) is 2.54. The van der Waals surface area contributed by atoms with Gasteiger partial charge in [-0.25, -0.2) is 4.39 Å². The third kappa shape index (κ3) is 4.32. The number of benzene rings is 2. The number of halogens is 2. The van der Waals surface area contributed by atoms with Crippen LogP contribution in [0.1, 0.15) is 0 Å². The monoisotopic (exact) mass is 353 g/mol. The molecule has 0 saturated heterocycles.